The predicted molar refractivity (Wildman–Crippen MR) is 106 cm³/mol. The molecule has 4 aliphatic carbocycles. The zero-order chi connectivity index (χ0) is 19.4. The Labute approximate surface area is 163 Å². The van der Waals surface area contributed by atoms with Crippen molar-refractivity contribution >= 4 is 11.7 Å². The minimum Gasteiger partial charge on any atom is -0.463 e. The van der Waals surface area contributed by atoms with Gasteiger partial charge in [-0.15, -0.1) is 0 Å². The van der Waals surface area contributed by atoms with E-state index in [0.717, 1.165) is 36.8 Å². The lowest BCUT2D eigenvalue weighted by atomic mass is 9.44. The maximum Gasteiger partial charge on any atom is 0.302 e. The second-order valence-electron chi connectivity index (χ2n) is 10.2. The fraction of sp³-hybridized carbons (Fsp3) is 0.826. The van der Waals surface area contributed by atoms with E-state index in [2.05, 4.69) is 25.1 Å². The van der Waals surface area contributed by atoms with Crippen LogP contribution in [0.15, 0.2) is 16.8 Å². The van der Waals surface area contributed by atoms with Crippen molar-refractivity contribution in [3.8, 4) is 0 Å². The van der Waals surface area contributed by atoms with Crippen LogP contribution in [0.2, 0.25) is 0 Å². The molecule has 0 aromatic rings. The summed E-state index contributed by atoms with van der Waals surface area (Å²) in [5, 5.41) is 12.9. The molecule has 7 atom stereocenters. The molecule has 1 N–H and O–H groups in total. The van der Waals surface area contributed by atoms with Gasteiger partial charge in [0.1, 0.15) is 6.10 Å². The number of allylic oxidation sites excluding steroid dienone is 2. The fourth-order valence-electron chi connectivity index (χ4n) is 7.74. The number of hydrogen-bond acceptors (Lipinski definition) is 4. The molecule has 27 heavy (non-hydrogen) atoms. The van der Waals surface area contributed by atoms with E-state index in [1.807, 2.05) is 6.92 Å². The maximum atomic E-state index is 11.4. The highest BCUT2D eigenvalue weighted by molar-refractivity contribution is 5.99. The SMILES string of the molecule is CC(=O)O[C@H]1CC[C@@]2(C)[C@H](CC[C@@H]3[C@@H]2CC[C@]2(C)C(/C(C)=N/O)=CC[C@@H]32)C1. The summed E-state index contributed by atoms with van der Waals surface area (Å²) in [5.74, 6) is 2.81. The summed E-state index contributed by atoms with van der Waals surface area (Å²) in [4.78, 5) is 11.4. The Bertz CT molecular complexity index is 683. The largest absolute Gasteiger partial charge is 0.463 e. The first-order valence-electron chi connectivity index (χ1n) is 10.9. The van der Waals surface area contributed by atoms with Gasteiger partial charge in [0.25, 0.3) is 0 Å². The molecule has 0 spiro atoms. The van der Waals surface area contributed by atoms with Crippen molar-refractivity contribution in [3.63, 3.8) is 0 Å². The van der Waals surface area contributed by atoms with Crippen molar-refractivity contribution in [1.29, 1.82) is 0 Å². The van der Waals surface area contributed by atoms with Crippen LogP contribution in [0.1, 0.15) is 79.1 Å². The Morgan fingerprint density at radius 2 is 1.93 bits per heavy atom. The number of esters is 1. The maximum absolute atomic E-state index is 11.4. The number of hydrogen-bond donors (Lipinski definition) is 1. The smallest absolute Gasteiger partial charge is 0.302 e. The van der Waals surface area contributed by atoms with Crippen molar-refractivity contribution in [3.05, 3.63) is 11.6 Å². The molecule has 0 radical (unpaired) electrons. The monoisotopic (exact) mass is 373 g/mol. The molecule has 0 saturated heterocycles. The van der Waals surface area contributed by atoms with Crippen molar-refractivity contribution in [2.75, 3.05) is 0 Å². The van der Waals surface area contributed by atoms with Gasteiger partial charge in [0.05, 0.1) is 5.71 Å². The first-order valence-corrected chi connectivity index (χ1v) is 10.9. The third-order valence-electron chi connectivity index (χ3n) is 9.07. The highest BCUT2D eigenvalue weighted by Crippen LogP contribution is 2.66. The summed E-state index contributed by atoms with van der Waals surface area (Å²) in [5.41, 5.74) is 2.67. The van der Waals surface area contributed by atoms with Crippen molar-refractivity contribution < 1.29 is 14.7 Å². The average Bonchev–Trinajstić information content (AvgIpc) is 2.98. The van der Waals surface area contributed by atoms with Crippen LogP contribution >= 0.6 is 0 Å². The lowest BCUT2D eigenvalue weighted by Gasteiger charge is -2.60. The van der Waals surface area contributed by atoms with Gasteiger partial charge in [-0.3, -0.25) is 4.79 Å². The average molecular weight is 374 g/mol. The molecule has 4 rings (SSSR count). The van der Waals surface area contributed by atoms with Crippen molar-refractivity contribution in [2.45, 2.75) is 85.2 Å². The predicted octanol–water partition coefficient (Wildman–Crippen LogP) is 5.35. The zero-order valence-electron chi connectivity index (χ0n) is 17.3. The van der Waals surface area contributed by atoms with E-state index in [4.69, 9.17) is 4.74 Å². The van der Waals surface area contributed by atoms with Gasteiger partial charge in [-0.1, -0.05) is 25.1 Å². The second-order valence-corrected chi connectivity index (χ2v) is 10.2. The van der Waals surface area contributed by atoms with Gasteiger partial charge in [-0.05, 0) is 98.4 Å². The number of ether oxygens (including phenoxy) is 1. The van der Waals surface area contributed by atoms with Gasteiger partial charge < -0.3 is 9.94 Å². The lowest BCUT2D eigenvalue weighted by Crippen LogP contribution is -2.54. The van der Waals surface area contributed by atoms with Gasteiger partial charge in [0, 0.05) is 6.92 Å². The number of oxime groups is 1. The van der Waals surface area contributed by atoms with E-state index < -0.39 is 0 Å². The Hall–Kier alpha value is -1.32. The minimum absolute atomic E-state index is 0.129. The molecule has 4 nitrogen and oxygen atoms in total. The second kappa shape index (κ2) is 6.63. The van der Waals surface area contributed by atoms with Crippen LogP contribution in [0.4, 0.5) is 0 Å². The number of rotatable bonds is 2. The van der Waals surface area contributed by atoms with Gasteiger partial charge in [-0.25, -0.2) is 0 Å². The van der Waals surface area contributed by atoms with E-state index >= 15 is 0 Å². The normalized spacial score (nSPS) is 46.7. The molecule has 0 aliphatic heterocycles. The molecule has 0 bridgehead atoms. The summed E-state index contributed by atoms with van der Waals surface area (Å²) < 4.78 is 5.58. The molecule has 3 fully saturated rings. The minimum atomic E-state index is -0.129. The molecule has 150 valence electrons. The molecule has 0 unspecified atom stereocenters. The zero-order valence-corrected chi connectivity index (χ0v) is 17.3. The number of fused-ring (bicyclic) bond motifs is 5. The molecule has 3 saturated carbocycles. The topological polar surface area (TPSA) is 58.9 Å². The molecular formula is C23H35NO3. The van der Waals surface area contributed by atoms with Gasteiger partial charge >= 0.3 is 5.97 Å². The Balaban J connectivity index is 1.54. The first-order chi connectivity index (χ1) is 12.8. The third-order valence-corrected chi connectivity index (χ3v) is 9.07. The quantitative estimate of drug-likeness (QED) is 0.307. The lowest BCUT2D eigenvalue weighted by molar-refractivity contribution is -0.158. The van der Waals surface area contributed by atoms with Crippen LogP contribution in [-0.4, -0.2) is 23.0 Å². The van der Waals surface area contributed by atoms with Crippen LogP contribution in [0.3, 0.4) is 0 Å². The van der Waals surface area contributed by atoms with Gasteiger partial charge in [0.15, 0.2) is 0 Å². The summed E-state index contributed by atoms with van der Waals surface area (Å²) >= 11 is 0. The van der Waals surface area contributed by atoms with Gasteiger partial charge in [-0.2, -0.15) is 0 Å². The van der Waals surface area contributed by atoms with E-state index in [1.54, 1.807) is 0 Å². The van der Waals surface area contributed by atoms with Crippen LogP contribution < -0.4 is 0 Å². The Kier molecular flexibility index (Phi) is 4.67. The van der Waals surface area contributed by atoms with Crippen molar-refractivity contribution in [2.24, 2.45) is 39.7 Å². The van der Waals surface area contributed by atoms with E-state index in [-0.39, 0.29) is 17.5 Å². The van der Waals surface area contributed by atoms with Gasteiger partial charge in [0.2, 0.25) is 0 Å². The molecule has 0 aromatic carbocycles. The first kappa shape index (κ1) is 19.0. The fourth-order valence-corrected chi connectivity index (χ4v) is 7.74. The van der Waals surface area contributed by atoms with Crippen molar-refractivity contribution in [1.82, 2.24) is 0 Å². The molecule has 0 aromatic heterocycles. The standard InChI is InChI=1S/C23H35NO3/c1-14(24-26)19-7-8-20-18-6-5-16-13-17(27-15(2)25)9-11-22(16,3)21(18)10-12-23(19,20)4/h7,16-18,20-21,26H,5-6,8-13H2,1-4H3/b24-14+/t16-,17+,18+,20+,21+,22+,23-/m1/s1. The highest BCUT2D eigenvalue weighted by atomic mass is 16.5. The van der Waals surface area contributed by atoms with Crippen LogP contribution in [0.5, 0.6) is 0 Å². The van der Waals surface area contributed by atoms with E-state index in [0.29, 0.717) is 17.3 Å². The Morgan fingerprint density at radius 1 is 1.15 bits per heavy atom. The molecule has 0 amide bonds. The van der Waals surface area contributed by atoms with E-state index in [1.165, 1.54) is 44.6 Å². The van der Waals surface area contributed by atoms with Crippen LogP contribution in [0, 0.1) is 34.5 Å². The Morgan fingerprint density at radius 3 is 2.63 bits per heavy atom. The molecule has 4 aliphatic rings. The number of carbonyl (C=O) groups is 1. The summed E-state index contributed by atoms with van der Waals surface area (Å²) in [6.07, 6.45) is 11.9. The number of carbonyl (C=O) groups excluding carboxylic acids is 1. The molecule has 0 heterocycles. The molecular weight excluding hydrogens is 338 g/mol. The third kappa shape index (κ3) is 2.86. The summed E-state index contributed by atoms with van der Waals surface area (Å²) in [7, 11) is 0. The van der Waals surface area contributed by atoms with E-state index in [9.17, 15) is 10.0 Å². The summed E-state index contributed by atoms with van der Waals surface area (Å²) in [6.45, 7) is 8.42. The summed E-state index contributed by atoms with van der Waals surface area (Å²) in [6, 6.07) is 0. The molecule has 4 heteroatoms. The number of nitrogens with zero attached hydrogens (tertiary/aromatic N) is 1. The highest BCUT2D eigenvalue weighted by Gasteiger charge is 2.59. The van der Waals surface area contributed by atoms with Crippen LogP contribution in [0.25, 0.3) is 0 Å². The van der Waals surface area contributed by atoms with Crippen LogP contribution in [-0.2, 0) is 9.53 Å².